The minimum atomic E-state index is -0.796. The first-order valence-electron chi connectivity index (χ1n) is 5.68. The van der Waals surface area contributed by atoms with Crippen LogP contribution in [0.1, 0.15) is 24.8 Å². The quantitative estimate of drug-likeness (QED) is 0.829. The van der Waals surface area contributed by atoms with Gasteiger partial charge in [-0.05, 0) is 25.3 Å². The molecule has 0 bridgehead atoms. The van der Waals surface area contributed by atoms with Gasteiger partial charge < -0.3 is 14.8 Å². The molecule has 92 valence electrons. The molecule has 0 aromatic carbocycles. The van der Waals surface area contributed by atoms with E-state index in [1.54, 1.807) is 18.6 Å². The van der Waals surface area contributed by atoms with E-state index in [0.29, 0.717) is 25.8 Å². The van der Waals surface area contributed by atoms with Crippen LogP contribution in [0.3, 0.4) is 0 Å². The smallest absolute Gasteiger partial charge is 0.306 e. The van der Waals surface area contributed by atoms with E-state index in [9.17, 15) is 9.59 Å². The Morgan fingerprint density at radius 3 is 2.76 bits per heavy atom. The second-order valence-corrected chi connectivity index (χ2v) is 4.39. The Kier molecular flexibility index (Phi) is 3.46. The summed E-state index contributed by atoms with van der Waals surface area (Å²) in [4.78, 5) is 22.5. The maximum Gasteiger partial charge on any atom is 0.306 e. The third-order valence-electron chi connectivity index (χ3n) is 3.20. The van der Waals surface area contributed by atoms with Crippen molar-refractivity contribution in [3.8, 4) is 0 Å². The third-order valence-corrected chi connectivity index (χ3v) is 3.20. The molecule has 0 radical (unpaired) electrons. The number of aliphatic carboxylic acids is 1. The van der Waals surface area contributed by atoms with Crippen LogP contribution >= 0.6 is 0 Å². The van der Waals surface area contributed by atoms with Gasteiger partial charge in [0.25, 0.3) is 0 Å². The molecule has 2 atom stereocenters. The fourth-order valence-corrected chi connectivity index (χ4v) is 2.17. The Bertz CT molecular complexity index is 399. The largest absolute Gasteiger partial charge is 0.481 e. The lowest BCUT2D eigenvalue weighted by Gasteiger charge is -2.09. The van der Waals surface area contributed by atoms with Gasteiger partial charge in [0.15, 0.2) is 0 Å². The number of carbonyl (C=O) groups is 2. The summed E-state index contributed by atoms with van der Waals surface area (Å²) in [5.41, 5.74) is 0.908. The summed E-state index contributed by atoms with van der Waals surface area (Å²) in [6.07, 6.45) is 4.84. The second kappa shape index (κ2) is 5.03. The minimum absolute atomic E-state index is 0.0602. The van der Waals surface area contributed by atoms with Gasteiger partial charge in [-0.25, -0.2) is 0 Å². The van der Waals surface area contributed by atoms with Crippen LogP contribution < -0.4 is 5.32 Å². The summed E-state index contributed by atoms with van der Waals surface area (Å²) < 4.78 is 4.89. The van der Waals surface area contributed by atoms with Crippen LogP contribution in [0.15, 0.2) is 23.0 Å². The lowest BCUT2D eigenvalue weighted by atomic mass is 10.0. The van der Waals surface area contributed by atoms with Crippen molar-refractivity contribution in [3.05, 3.63) is 24.2 Å². The predicted molar refractivity (Wildman–Crippen MR) is 59.0 cm³/mol. The molecule has 17 heavy (non-hydrogen) atoms. The molecule has 1 heterocycles. The second-order valence-electron chi connectivity index (χ2n) is 4.39. The molecule has 1 aliphatic carbocycles. The van der Waals surface area contributed by atoms with Gasteiger partial charge in [0, 0.05) is 18.0 Å². The van der Waals surface area contributed by atoms with Gasteiger partial charge in [0.1, 0.15) is 0 Å². The molecule has 1 aliphatic rings. The number of carboxylic acid groups (broad SMARTS) is 1. The first-order valence-corrected chi connectivity index (χ1v) is 5.68. The zero-order valence-corrected chi connectivity index (χ0v) is 9.39. The molecule has 1 aromatic rings. The maximum absolute atomic E-state index is 11.8. The van der Waals surface area contributed by atoms with Gasteiger partial charge in [0.05, 0.1) is 18.4 Å². The Balaban J connectivity index is 1.79. The van der Waals surface area contributed by atoms with Crippen molar-refractivity contribution in [3.63, 3.8) is 0 Å². The third kappa shape index (κ3) is 2.87. The number of amides is 1. The molecule has 2 N–H and O–H groups in total. The van der Waals surface area contributed by atoms with Crippen molar-refractivity contribution >= 4 is 11.9 Å². The van der Waals surface area contributed by atoms with Crippen molar-refractivity contribution < 1.29 is 19.1 Å². The van der Waals surface area contributed by atoms with Crippen molar-refractivity contribution in [1.29, 1.82) is 0 Å². The molecule has 0 aliphatic heterocycles. The molecule has 1 aromatic heterocycles. The van der Waals surface area contributed by atoms with Crippen molar-refractivity contribution in [2.24, 2.45) is 11.8 Å². The Morgan fingerprint density at radius 2 is 2.18 bits per heavy atom. The Hall–Kier alpha value is -1.78. The molecule has 0 unspecified atom stereocenters. The molecule has 1 fully saturated rings. The van der Waals surface area contributed by atoms with Gasteiger partial charge in [-0.1, -0.05) is 0 Å². The molecular formula is C12H15NO4. The number of hydrogen-bond acceptors (Lipinski definition) is 3. The van der Waals surface area contributed by atoms with Crippen LogP contribution in [0, 0.1) is 11.8 Å². The van der Waals surface area contributed by atoms with Gasteiger partial charge in [0.2, 0.25) is 5.91 Å². The van der Waals surface area contributed by atoms with E-state index in [4.69, 9.17) is 9.52 Å². The number of carboxylic acids is 1. The van der Waals surface area contributed by atoms with Crippen LogP contribution in [0.5, 0.6) is 0 Å². The van der Waals surface area contributed by atoms with Gasteiger partial charge in [-0.3, -0.25) is 9.59 Å². The average molecular weight is 237 g/mol. The first kappa shape index (κ1) is 11.7. The van der Waals surface area contributed by atoms with Gasteiger partial charge >= 0.3 is 5.97 Å². The number of furan rings is 1. The van der Waals surface area contributed by atoms with Crippen molar-refractivity contribution in [2.45, 2.75) is 25.8 Å². The fourth-order valence-electron chi connectivity index (χ4n) is 2.17. The number of carbonyl (C=O) groups excluding carboxylic acids is 1. The molecule has 5 nitrogen and oxygen atoms in total. The summed E-state index contributed by atoms with van der Waals surface area (Å²) >= 11 is 0. The highest BCUT2D eigenvalue weighted by molar-refractivity contribution is 5.80. The minimum Gasteiger partial charge on any atom is -0.481 e. The number of nitrogens with one attached hydrogen (secondary N) is 1. The highest BCUT2D eigenvalue weighted by atomic mass is 16.4. The van der Waals surface area contributed by atoms with E-state index >= 15 is 0 Å². The van der Waals surface area contributed by atoms with Crippen LogP contribution in [0.4, 0.5) is 0 Å². The zero-order chi connectivity index (χ0) is 12.3. The van der Waals surface area contributed by atoms with Crippen molar-refractivity contribution in [1.82, 2.24) is 5.32 Å². The van der Waals surface area contributed by atoms with Crippen LogP contribution in [-0.2, 0) is 16.1 Å². The fraction of sp³-hybridized carbons (Fsp3) is 0.500. The Morgan fingerprint density at radius 1 is 1.41 bits per heavy atom. The van der Waals surface area contributed by atoms with Gasteiger partial charge in [-0.15, -0.1) is 0 Å². The predicted octanol–water partition coefficient (Wildman–Crippen LogP) is 1.40. The first-order chi connectivity index (χ1) is 8.16. The lowest BCUT2D eigenvalue weighted by molar-refractivity contribution is -0.141. The maximum atomic E-state index is 11.8. The summed E-state index contributed by atoms with van der Waals surface area (Å²) in [5.74, 6) is -1.38. The summed E-state index contributed by atoms with van der Waals surface area (Å²) in [6.45, 7) is 0.434. The van der Waals surface area contributed by atoms with E-state index in [0.717, 1.165) is 5.56 Å². The molecule has 0 spiro atoms. The summed E-state index contributed by atoms with van der Waals surface area (Å²) in [7, 11) is 0. The van der Waals surface area contributed by atoms with Gasteiger partial charge in [-0.2, -0.15) is 0 Å². The summed E-state index contributed by atoms with van der Waals surface area (Å²) in [6, 6.07) is 1.79. The topological polar surface area (TPSA) is 79.5 Å². The monoisotopic (exact) mass is 237 g/mol. The highest BCUT2D eigenvalue weighted by Crippen LogP contribution is 2.31. The Labute approximate surface area is 98.8 Å². The van der Waals surface area contributed by atoms with E-state index in [1.165, 1.54) is 0 Å². The molecule has 1 amide bonds. The molecule has 2 rings (SSSR count). The SMILES string of the molecule is O=C(O)[C@@H]1CC[C@H](C(=O)NCc2ccoc2)C1. The number of hydrogen-bond donors (Lipinski definition) is 2. The molecular weight excluding hydrogens is 222 g/mol. The highest BCUT2D eigenvalue weighted by Gasteiger charge is 2.33. The lowest BCUT2D eigenvalue weighted by Crippen LogP contribution is -2.29. The van der Waals surface area contributed by atoms with E-state index in [1.807, 2.05) is 0 Å². The molecule has 1 saturated carbocycles. The molecule has 0 saturated heterocycles. The van der Waals surface area contributed by atoms with Crippen molar-refractivity contribution in [2.75, 3.05) is 0 Å². The van der Waals surface area contributed by atoms with Crippen LogP contribution in [-0.4, -0.2) is 17.0 Å². The molecule has 5 heteroatoms. The zero-order valence-electron chi connectivity index (χ0n) is 9.39. The van der Waals surface area contributed by atoms with Crippen LogP contribution in [0.25, 0.3) is 0 Å². The van der Waals surface area contributed by atoms with E-state index in [-0.39, 0.29) is 17.7 Å². The number of rotatable bonds is 4. The standard InChI is InChI=1S/C12H15NO4/c14-11(13-6-8-3-4-17-7-8)9-1-2-10(5-9)12(15)16/h3-4,7,9-10H,1-2,5-6H2,(H,13,14)(H,15,16)/t9-,10+/m0/s1. The van der Waals surface area contributed by atoms with E-state index < -0.39 is 5.97 Å². The normalized spacial score (nSPS) is 23.5. The summed E-state index contributed by atoms with van der Waals surface area (Å²) in [5, 5.41) is 11.6. The average Bonchev–Trinajstić information content (AvgIpc) is 2.96. The van der Waals surface area contributed by atoms with Crippen LogP contribution in [0.2, 0.25) is 0 Å². The van der Waals surface area contributed by atoms with E-state index in [2.05, 4.69) is 5.32 Å².